The fraction of sp³-hybridized carbons (Fsp3) is 0.308. The van der Waals surface area contributed by atoms with Gasteiger partial charge in [-0.2, -0.15) is 0 Å². The van der Waals surface area contributed by atoms with E-state index in [9.17, 15) is 21.2 Å². The number of nitrogens with zero attached hydrogens (tertiary/aromatic N) is 1. The third-order valence-electron chi connectivity index (χ3n) is 3.07. The van der Waals surface area contributed by atoms with Gasteiger partial charge in [0.15, 0.2) is 15.6 Å². The van der Waals surface area contributed by atoms with Gasteiger partial charge < -0.3 is 4.52 Å². The first-order valence-electron chi connectivity index (χ1n) is 6.54. The lowest BCUT2D eigenvalue weighted by atomic mass is 10.4. The van der Waals surface area contributed by atoms with Gasteiger partial charge in [0.25, 0.3) is 0 Å². The van der Waals surface area contributed by atoms with Crippen molar-refractivity contribution in [3.63, 3.8) is 0 Å². The molecule has 0 unspecified atom stereocenters. The summed E-state index contributed by atoms with van der Waals surface area (Å²) in [6.07, 6.45) is 0. The van der Waals surface area contributed by atoms with Gasteiger partial charge in [0.05, 0.1) is 10.6 Å². The lowest BCUT2D eigenvalue weighted by Crippen LogP contribution is -2.29. The Morgan fingerprint density at radius 1 is 1.13 bits per heavy atom. The Balaban J connectivity index is 2.08. The number of benzene rings is 1. The van der Waals surface area contributed by atoms with E-state index in [0.717, 1.165) is 24.3 Å². The normalized spacial score (nSPS) is 12.5. The highest BCUT2D eigenvalue weighted by atomic mass is 32.2. The Bertz CT molecular complexity index is 883. The van der Waals surface area contributed by atoms with Crippen LogP contribution in [0.3, 0.4) is 0 Å². The first kappa shape index (κ1) is 17.6. The van der Waals surface area contributed by atoms with Gasteiger partial charge in [-0.05, 0) is 38.1 Å². The monoisotopic (exact) mass is 362 g/mol. The number of sulfone groups is 1. The Morgan fingerprint density at radius 2 is 1.74 bits per heavy atom. The molecule has 0 spiro atoms. The van der Waals surface area contributed by atoms with Crippen LogP contribution in [0.4, 0.5) is 4.39 Å². The second kappa shape index (κ2) is 6.38. The Labute approximate surface area is 133 Å². The van der Waals surface area contributed by atoms with Crippen LogP contribution in [-0.4, -0.2) is 34.3 Å². The molecule has 0 saturated carbocycles. The second-order valence-corrected chi connectivity index (χ2v) is 8.64. The molecule has 0 radical (unpaired) electrons. The maximum absolute atomic E-state index is 12.8. The number of nitrogens with one attached hydrogen (secondary N) is 1. The summed E-state index contributed by atoms with van der Waals surface area (Å²) in [6.45, 7) is 2.59. The Kier molecular flexibility index (Phi) is 4.87. The zero-order chi connectivity index (χ0) is 17.3. The summed E-state index contributed by atoms with van der Waals surface area (Å²) in [4.78, 5) is -0.174. The van der Waals surface area contributed by atoms with Crippen molar-refractivity contribution in [2.75, 3.05) is 12.3 Å². The highest BCUT2D eigenvalue weighted by Gasteiger charge is 2.24. The summed E-state index contributed by atoms with van der Waals surface area (Å²) in [5, 5.41) is 3.55. The van der Waals surface area contributed by atoms with Crippen LogP contribution in [0.1, 0.15) is 11.5 Å². The number of halogens is 1. The summed E-state index contributed by atoms with van der Waals surface area (Å²) >= 11 is 0. The first-order chi connectivity index (χ1) is 10.6. The van der Waals surface area contributed by atoms with Gasteiger partial charge in [0, 0.05) is 6.54 Å². The minimum Gasteiger partial charge on any atom is -0.360 e. The molecule has 0 fully saturated rings. The van der Waals surface area contributed by atoms with E-state index in [1.807, 2.05) is 0 Å². The van der Waals surface area contributed by atoms with Crippen molar-refractivity contribution in [1.29, 1.82) is 0 Å². The summed E-state index contributed by atoms with van der Waals surface area (Å²) in [6, 6.07) is 4.32. The summed E-state index contributed by atoms with van der Waals surface area (Å²) in [7, 11) is -7.64. The summed E-state index contributed by atoms with van der Waals surface area (Å²) < 4.78 is 68.2. The van der Waals surface area contributed by atoms with Crippen LogP contribution in [-0.2, 0) is 19.9 Å². The van der Waals surface area contributed by atoms with Crippen LogP contribution < -0.4 is 4.72 Å². The maximum atomic E-state index is 12.8. The number of sulfonamides is 1. The molecule has 10 heteroatoms. The molecule has 0 atom stereocenters. The van der Waals surface area contributed by atoms with Gasteiger partial charge in [0.2, 0.25) is 10.0 Å². The average Bonchev–Trinajstić information content (AvgIpc) is 2.78. The van der Waals surface area contributed by atoms with Crippen LogP contribution in [0.25, 0.3) is 0 Å². The van der Waals surface area contributed by atoms with Gasteiger partial charge >= 0.3 is 0 Å². The van der Waals surface area contributed by atoms with E-state index in [4.69, 9.17) is 4.52 Å². The van der Waals surface area contributed by atoms with Crippen molar-refractivity contribution in [2.45, 2.75) is 23.6 Å². The molecular formula is C13H15FN2O5S2. The van der Waals surface area contributed by atoms with Crippen molar-refractivity contribution >= 4 is 19.9 Å². The molecule has 0 amide bonds. The SMILES string of the molecule is Cc1noc(C)c1S(=O)(=O)NCCS(=O)(=O)c1ccc(F)cc1. The van der Waals surface area contributed by atoms with E-state index in [1.54, 1.807) is 0 Å². The van der Waals surface area contributed by atoms with Crippen LogP contribution in [0.15, 0.2) is 38.6 Å². The number of aryl methyl sites for hydroxylation is 2. The lowest BCUT2D eigenvalue weighted by Gasteiger charge is -2.07. The van der Waals surface area contributed by atoms with E-state index in [-0.39, 0.29) is 27.8 Å². The predicted molar refractivity (Wildman–Crippen MR) is 79.6 cm³/mol. The zero-order valence-corrected chi connectivity index (χ0v) is 14.0. The summed E-state index contributed by atoms with van der Waals surface area (Å²) in [5.74, 6) is -0.888. The molecule has 2 rings (SSSR count). The molecule has 0 aliphatic heterocycles. The third kappa shape index (κ3) is 3.95. The van der Waals surface area contributed by atoms with E-state index in [2.05, 4.69) is 9.88 Å². The molecule has 2 aromatic rings. The molecule has 1 heterocycles. The fourth-order valence-electron chi connectivity index (χ4n) is 2.00. The number of hydrogen-bond donors (Lipinski definition) is 1. The van der Waals surface area contributed by atoms with E-state index < -0.39 is 31.4 Å². The maximum Gasteiger partial charge on any atom is 0.245 e. The fourth-order valence-corrected chi connectivity index (χ4v) is 4.64. The van der Waals surface area contributed by atoms with E-state index in [1.165, 1.54) is 13.8 Å². The molecule has 0 bridgehead atoms. The average molecular weight is 362 g/mol. The Hall–Kier alpha value is -1.78. The minimum absolute atomic E-state index is 0.0737. The summed E-state index contributed by atoms with van der Waals surface area (Å²) in [5.41, 5.74) is 0.191. The van der Waals surface area contributed by atoms with Crippen molar-refractivity contribution in [3.8, 4) is 0 Å². The van der Waals surface area contributed by atoms with Crippen molar-refractivity contribution in [3.05, 3.63) is 41.5 Å². The standard InChI is InChI=1S/C13H15FN2O5S2/c1-9-13(10(2)21-16-9)23(19,20)15-7-8-22(17,18)12-5-3-11(14)4-6-12/h3-6,15H,7-8H2,1-2H3. The van der Waals surface area contributed by atoms with Gasteiger partial charge in [-0.15, -0.1) is 0 Å². The lowest BCUT2D eigenvalue weighted by molar-refractivity contribution is 0.390. The highest BCUT2D eigenvalue weighted by molar-refractivity contribution is 7.91. The van der Waals surface area contributed by atoms with E-state index in [0.29, 0.717) is 0 Å². The third-order valence-corrected chi connectivity index (χ3v) is 6.51. The molecule has 23 heavy (non-hydrogen) atoms. The quantitative estimate of drug-likeness (QED) is 0.774. The highest BCUT2D eigenvalue weighted by Crippen LogP contribution is 2.18. The molecule has 0 saturated heterocycles. The molecule has 1 aromatic carbocycles. The van der Waals surface area contributed by atoms with Crippen LogP contribution in [0.5, 0.6) is 0 Å². The van der Waals surface area contributed by atoms with Crippen LogP contribution in [0.2, 0.25) is 0 Å². The van der Waals surface area contributed by atoms with E-state index >= 15 is 0 Å². The molecule has 0 aliphatic carbocycles. The second-order valence-electron chi connectivity index (χ2n) is 4.82. The van der Waals surface area contributed by atoms with Gasteiger partial charge in [-0.1, -0.05) is 5.16 Å². The van der Waals surface area contributed by atoms with Crippen LogP contribution in [0, 0.1) is 19.7 Å². The van der Waals surface area contributed by atoms with Crippen LogP contribution >= 0.6 is 0 Å². The number of aromatic nitrogens is 1. The largest absolute Gasteiger partial charge is 0.360 e. The molecule has 0 aliphatic rings. The Morgan fingerprint density at radius 3 is 2.26 bits per heavy atom. The zero-order valence-electron chi connectivity index (χ0n) is 12.4. The minimum atomic E-state index is -3.92. The van der Waals surface area contributed by atoms with Crippen molar-refractivity contribution in [1.82, 2.24) is 9.88 Å². The first-order valence-corrected chi connectivity index (χ1v) is 9.68. The molecule has 1 aromatic heterocycles. The predicted octanol–water partition coefficient (Wildman–Crippen LogP) is 1.18. The van der Waals surface area contributed by atoms with Gasteiger partial charge in [-0.25, -0.2) is 25.9 Å². The molecule has 126 valence electrons. The molecule has 7 nitrogen and oxygen atoms in total. The van der Waals surface area contributed by atoms with Crippen molar-refractivity contribution in [2.24, 2.45) is 0 Å². The topological polar surface area (TPSA) is 106 Å². The van der Waals surface area contributed by atoms with Gasteiger partial charge in [0.1, 0.15) is 16.4 Å². The molecular weight excluding hydrogens is 347 g/mol. The smallest absolute Gasteiger partial charge is 0.245 e. The van der Waals surface area contributed by atoms with Crippen molar-refractivity contribution < 1.29 is 25.7 Å². The number of hydrogen-bond acceptors (Lipinski definition) is 6. The number of rotatable bonds is 6. The molecule has 1 N–H and O–H groups in total. The van der Waals surface area contributed by atoms with Gasteiger partial charge in [-0.3, -0.25) is 0 Å².